The molecule has 1 saturated carbocycles. The largest absolute Gasteiger partial charge is 0.389 e. The van der Waals surface area contributed by atoms with Crippen molar-refractivity contribution in [2.24, 2.45) is 5.41 Å². The van der Waals surface area contributed by atoms with Crippen LogP contribution in [0.1, 0.15) is 45.2 Å². The van der Waals surface area contributed by atoms with Crippen LogP contribution in [0.15, 0.2) is 18.6 Å². The Hall–Kier alpha value is -1.00. The topological polar surface area (TPSA) is 58.0 Å². The maximum absolute atomic E-state index is 10.5. The highest BCUT2D eigenvalue weighted by Crippen LogP contribution is 2.39. The molecule has 0 atom stereocenters. The number of aliphatic hydroxyl groups is 1. The summed E-state index contributed by atoms with van der Waals surface area (Å²) in [5.41, 5.74) is 0.811. The third kappa shape index (κ3) is 3.75. The molecule has 0 saturated heterocycles. The molecule has 0 bridgehead atoms. The van der Waals surface area contributed by atoms with Crippen LogP contribution in [-0.2, 0) is 6.54 Å². The van der Waals surface area contributed by atoms with E-state index in [0.29, 0.717) is 18.5 Å². The first-order chi connectivity index (χ1) is 8.49. The number of hydrogen-bond acceptors (Lipinski definition) is 4. The summed E-state index contributed by atoms with van der Waals surface area (Å²) in [6.07, 6.45) is 7.25. The lowest BCUT2D eigenvalue weighted by Crippen LogP contribution is -2.44. The third-order valence-corrected chi connectivity index (χ3v) is 3.94. The molecule has 1 aliphatic rings. The lowest BCUT2D eigenvalue weighted by Gasteiger charge is -2.40. The molecule has 2 rings (SSSR count). The second kappa shape index (κ2) is 5.33. The van der Waals surface area contributed by atoms with Gasteiger partial charge in [0.15, 0.2) is 0 Å². The Labute approximate surface area is 109 Å². The minimum Gasteiger partial charge on any atom is -0.389 e. The van der Waals surface area contributed by atoms with Gasteiger partial charge in [-0.1, -0.05) is 13.8 Å². The van der Waals surface area contributed by atoms with E-state index in [2.05, 4.69) is 29.1 Å². The van der Waals surface area contributed by atoms with Gasteiger partial charge in [-0.2, -0.15) is 0 Å². The smallest absolute Gasteiger partial charge is 0.115 e. The first kappa shape index (κ1) is 13.4. The quantitative estimate of drug-likeness (QED) is 0.855. The molecule has 1 heterocycles. The van der Waals surface area contributed by atoms with Crippen LogP contribution in [0, 0.1) is 5.41 Å². The molecule has 0 aliphatic heterocycles. The van der Waals surface area contributed by atoms with E-state index in [-0.39, 0.29) is 0 Å². The molecule has 0 unspecified atom stereocenters. The van der Waals surface area contributed by atoms with Gasteiger partial charge in [0.2, 0.25) is 0 Å². The molecule has 1 aromatic heterocycles. The summed E-state index contributed by atoms with van der Waals surface area (Å²) in [6, 6.07) is 1.89. The van der Waals surface area contributed by atoms with Crippen molar-refractivity contribution in [3.05, 3.63) is 24.3 Å². The van der Waals surface area contributed by atoms with Gasteiger partial charge in [0.1, 0.15) is 6.33 Å². The number of nitrogens with zero attached hydrogens (tertiary/aromatic N) is 2. The molecule has 2 N–H and O–H groups in total. The molecule has 100 valence electrons. The highest BCUT2D eigenvalue weighted by Gasteiger charge is 2.36. The van der Waals surface area contributed by atoms with Crippen molar-refractivity contribution in [1.29, 1.82) is 0 Å². The van der Waals surface area contributed by atoms with Gasteiger partial charge in [-0.25, -0.2) is 9.97 Å². The van der Waals surface area contributed by atoms with Crippen LogP contribution in [0.4, 0.5) is 0 Å². The van der Waals surface area contributed by atoms with Crippen LogP contribution >= 0.6 is 0 Å². The monoisotopic (exact) mass is 249 g/mol. The van der Waals surface area contributed by atoms with Crippen molar-refractivity contribution in [3.8, 4) is 0 Å². The minimum absolute atomic E-state index is 0.388. The molecule has 18 heavy (non-hydrogen) atoms. The van der Waals surface area contributed by atoms with Gasteiger partial charge in [0, 0.05) is 19.3 Å². The molecule has 0 radical (unpaired) electrons. The first-order valence-electron chi connectivity index (χ1n) is 6.67. The van der Waals surface area contributed by atoms with Crippen molar-refractivity contribution in [2.45, 2.75) is 51.7 Å². The Bertz CT molecular complexity index is 368. The number of hydrogen-bond donors (Lipinski definition) is 2. The lowest BCUT2D eigenvalue weighted by atomic mass is 9.71. The van der Waals surface area contributed by atoms with E-state index in [1.807, 2.05) is 6.07 Å². The van der Waals surface area contributed by atoms with Crippen molar-refractivity contribution in [2.75, 3.05) is 6.54 Å². The Kier molecular flexibility index (Phi) is 3.97. The summed E-state index contributed by atoms with van der Waals surface area (Å²) in [6.45, 7) is 5.89. The van der Waals surface area contributed by atoms with Crippen molar-refractivity contribution >= 4 is 0 Å². The van der Waals surface area contributed by atoms with Crippen molar-refractivity contribution < 1.29 is 5.11 Å². The van der Waals surface area contributed by atoms with E-state index in [0.717, 1.165) is 31.4 Å². The van der Waals surface area contributed by atoms with Crippen molar-refractivity contribution in [3.63, 3.8) is 0 Å². The van der Waals surface area contributed by atoms with Gasteiger partial charge in [-0.05, 0) is 37.2 Å². The van der Waals surface area contributed by atoms with Gasteiger partial charge >= 0.3 is 0 Å². The van der Waals surface area contributed by atoms with E-state index in [1.54, 1.807) is 12.5 Å². The summed E-state index contributed by atoms with van der Waals surface area (Å²) in [4.78, 5) is 8.04. The Balaban J connectivity index is 1.77. The molecule has 0 amide bonds. The highest BCUT2D eigenvalue weighted by atomic mass is 16.3. The van der Waals surface area contributed by atoms with E-state index in [4.69, 9.17) is 0 Å². The Morgan fingerprint density at radius 2 is 2.00 bits per heavy atom. The fourth-order valence-electron chi connectivity index (χ4n) is 2.41. The van der Waals surface area contributed by atoms with E-state index >= 15 is 0 Å². The molecule has 1 fully saturated rings. The second-order valence-electron chi connectivity index (χ2n) is 6.19. The summed E-state index contributed by atoms with van der Waals surface area (Å²) in [7, 11) is 0. The fraction of sp³-hybridized carbons (Fsp3) is 0.714. The predicted molar refractivity (Wildman–Crippen MR) is 70.9 cm³/mol. The van der Waals surface area contributed by atoms with Crippen LogP contribution in [0.5, 0.6) is 0 Å². The fourth-order valence-corrected chi connectivity index (χ4v) is 2.41. The van der Waals surface area contributed by atoms with Crippen LogP contribution < -0.4 is 5.32 Å². The van der Waals surface area contributed by atoms with Gasteiger partial charge in [-0.15, -0.1) is 0 Å². The molecular formula is C14H23N3O. The molecule has 4 nitrogen and oxygen atoms in total. The molecule has 0 aromatic carbocycles. The normalized spacial score (nSPS) is 21.7. The van der Waals surface area contributed by atoms with Crippen LogP contribution in [0.3, 0.4) is 0 Å². The summed E-state index contributed by atoms with van der Waals surface area (Å²) in [5.74, 6) is 0. The lowest BCUT2D eigenvalue weighted by molar-refractivity contribution is -0.0245. The van der Waals surface area contributed by atoms with Gasteiger partial charge in [-0.3, -0.25) is 0 Å². The van der Waals surface area contributed by atoms with Gasteiger partial charge in [0.05, 0.1) is 11.3 Å². The summed E-state index contributed by atoms with van der Waals surface area (Å²) < 4.78 is 0. The zero-order valence-corrected chi connectivity index (χ0v) is 11.3. The van der Waals surface area contributed by atoms with Gasteiger partial charge in [0.25, 0.3) is 0 Å². The SMILES string of the molecule is CC1(C)CCC(O)(CNCc2ccncn2)CC1. The highest BCUT2D eigenvalue weighted by molar-refractivity contribution is 4.98. The predicted octanol–water partition coefficient (Wildman–Crippen LogP) is 1.90. The average Bonchev–Trinajstić information content (AvgIpc) is 2.35. The van der Waals surface area contributed by atoms with Crippen LogP contribution in [0.25, 0.3) is 0 Å². The average molecular weight is 249 g/mol. The maximum atomic E-state index is 10.5. The summed E-state index contributed by atoms with van der Waals surface area (Å²) in [5, 5.41) is 13.8. The summed E-state index contributed by atoms with van der Waals surface area (Å²) >= 11 is 0. The van der Waals surface area contributed by atoms with Gasteiger partial charge < -0.3 is 10.4 Å². The molecular weight excluding hydrogens is 226 g/mol. The zero-order valence-electron chi connectivity index (χ0n) is 11.3. The number of aromatic nitrogens is 2. The van der Waals surface area contributed by atoms with Crippen LogP contribution in [-0.4, -0.2) is 27.2 Å². The van der Waals surface area contributed by atoms with Crippen LogP contribution in [0.2, 0.25) is 0 Å². The first-order valence-corrected chi connectivity index (χ1v) is 6.67. The van der Waals surface area contributed by atoms with E-state index in [1.165, 1.54) is 0 Å². The molecule has 1 aliphatic carbocycles. The third-order valence-electron chi connectivity index (χ3n) is 3.94. The molecule has 1 aromatic rings. The number of rotatable bonds is 4. The minimum atomic E-state index is -0.539. The second-order valence-corrected chi connectivity index (χ2v) is 6.19. The Morgan fingerprint density at radius 1 is 1.28 bits per heavy atom. The zero-order chi connectivity index (χ0) is 13.1. The van der Waals surface area contributed by atoms with E-state index in [9.17, 15) is 5.11 Å². The molecule has 0 spiro atoms. The number of nitrogens with one attached hydrogen (secondary N) is 1. The Morgan fingerprint density at radius 3 is 2.61 bits per heavy atom. The maximum Gasteiger partial charge on any atom is 0.115 e. The van der Waals surface area contributed by atoms with Crippen molar-refractivity contribution in [1.82, 2.24) is 15.3 Å². The molecule has 4 heteroatoms. The van der Waals surface area contributed by atoms with E-state index < -0.39 is 5.60 Å². The standard InChI is InChI=1S/C14H23N3O/c1-13(2)4-6-14(18,7-5-13)10-16-9-12-3-8-15-11-17-12/h3,8,11,16,18H,4-7,9-10H2,1-2H3.